The molecule has 132 valence electrons. The molecule has 3 aromatic rings. The maximum Gasteiger partial charge on any atom is 0.265 e. The summed E-state index contributed by atoms with van der Waals surface area (Å²) in [5.74, 6) is -0.314. The molecule has 1 N–H and O–H groups in total. The van der Waals surface area contributed by atoms with Crippen molar-refractivity contribution < 1.29 is 13.2 Å². The van der Waals surface area contributed by atoms with E-state index in [0.717, 1.165) is 16.3 Å². The Kier molecular flexibility index (Phi) is 3.92. The Balaban J connectivity index is 1.87. The average Bonchev–Trinajstić information content (AvgIpc) is 3.07. The third-order valence-corrected chi connectivity index (χ3v) is 6.57. The van der Waals surface area contributed by atoms with E-state index in [-0.39, 0.29) is 10.8 Å². The molecule has 1 amide bonds. The Morgan fingerprint density at radius 3 is 2.46 bits per heavy atom. The lowest BCUT2D eigenvalue weighted by molar-refractivity contribution is -0.121. The summed E-state index contributed by atoms with van der Waals surface area (Å²) in [6.45, 7) is 0. The molecule has 26 heavy (non-hydrogen) atoms. The number of hydrogen-bond acceptors (Lipinski definition) is 3. The Labute approximate surface area is 152 Å². The number of hydrogen-bond donors (Lipinski definition) is 1. The molecular weight excluding hydrogens is 348 g/mol. The first-order valence-electron chi connectivity index (χ1n) is 8.35. The molecule has 6 heteroatoms. The minimum Gasteiger partial charge on any atom is -0.357 e. The number of carbonyl (C=O) groups is 1. The molecule has 0 spiro atoms. The summed E-state index contributed by atoms with van der Waals surface area (Å²) in [5.41, 5.74) is 1.42. The minimum absolute atomic E-state index is 0.182. The van der Waals surface area contributed by atoms with Crippen LogP contribution < -0.4 is 9.62 Å². The predicted octanol–water partition coefficient (Wildman–Crippen LogP) is 2.71. The molecule has 0 bridgehead atoms. The van der Waals surface area contributed by atoms with E-state index < -0.39 is 16.1 Å². The van der Waals surface area contributed by atoms with Gasteiger partial charge in [-0.1, -0.05) is 48.5 Å². The van der Waals surface area contributed by atoms with Gasteiger partial charge < -0.3 is 5.32 Å². The number of fused-ring (bicyclic) bond motifs is 2. The number of anilines is 1. The number of nitrogens with one attached hydrogen (secondary N) is 1. The van der Waals surface area contributed by atoms with Gasteiger partial charge in [0.2, 0.25) is 5.91 Å². The van der Waals surface area contributed by atoms with Gasteiger partial charge >= 0.3 is 0 Å². The van der Waals surface area contributed by atoms with Gasteiger partial charge in [0, 0.05) is 13.5 Å². The van der Waals surface area contributed by atoms with Gasteiger partial charge in [0.05, 0.1) is 10.6 Å². The van der Waals surface area contributed by atoms with E-state index in [4.69, 9.17) is 0 Å². The zero-order chi connectivity index (χ0) is 18.3. The topological polar surface area (TPSA) is 66.5 Å². The number of para-hydroxylation sites is 1. The maximum atomic E-state index is 13.4. The van der Waals surface area contributed by atoms with Gasteiger partial charge in [-0.25, -0.2) is 8.42 Å². The molecule has 0 aromatic heterocycles. The molecule has 0 aliphatic carbocycles. The van der Waals surface area contributed by atoms with Crippen LogP contribution >= 0.6 is 0 Å². The third kappa shape index (κ3) is 2.54. The van der Waals surface area contributed by atoms with Crippen molar-refractivity contribution >= 4 is 32.4 Å². The van der Waals surface area contributed by atoms with Crippen LogP contribution in [0.3, 0.4) is 0 Å². The third-order valence-electron chi connectivity index (χ3n) is 4.75. The second kappa shape index (κ2) is 6.14. The summed E-state index contributed by atoms with van der Waals surface area (Å²) in [6.07, 6.45) is 0.364. The highest BCUT2D eigenvalue weighted by molar-refractivity contribution is 7.93. The van der Waals surface area contributed by atoms with Gasteiger partial charge in [-0.05, 0) is 34.5 Å². The number of likely N-dealkylation sites (N-methyl/N-ethyl adjacent to an activating group) is 1. The molecule has 0 saturated heterocycles. The highest BCUT2D eigenvalue weighted by Gasteiger charge is 2.41. The summed E-state index contributed by atoms with van der Waals surface area (Å²) in [5, 5.41) is 4.39. The van der Waals surface area contributed by atoms with Crippen molar-refractivity contribution in [2.24, 2.45) is 0 Å². The fourth-order valence-corrected chi connectivity index (χ4v) is 5.15. The lowest BCUT2D eigenvalue weighted by atomic mass is 10.1. The Morgan fingerprint density at radius 2 is 1.69 bits per heavy atom. The van der Waals surface area contributed by atoms with E-state index in [1.165, 1.54) is 11.4 Å². The van der Waals surface area contributed by atoms with Gasteiger partial charge in [0.1, 0.15) is 6.04 Å². The predicted molar refractivity (Wildman–Crippen MR) is 102 cm³/mol. The lowest BCUT2D eigenvalue weighted by Gasteiger charge is -2.26. The molecule has 1 atom stereocenters. The van der Waals surface area contributed by atoms with Crippen LogP contribution in [0.1, 0.15) is 5.56 Å². The van der Waals surface area contributed by atoms with Gasteiger partial charge in [0.15, 0.2) is 0 Å². The van der Waals surface area contributed by atoms with Gasteiger partial charge in [0.25, 0.3) is 10.0 Å². The number of rotatable bonds is 3. The Hall–Kier alpha value is -2.86. The van der Waals surface area contributed by atoms with Crippen LogP contribution in [0.5, 0.6) is 0 Å². The number of amides is 1. The van der Waals surface area contributed by atoms with E-state index in [2.05, 4.69) is 5.32 Å². The van der Waals surface area contributed by atoms with Crippen molar-refractivity contribution in [3.8, 4) is 0 Å². The van der Waals surface area contributed by atoms with Crippen molar-refractivity contribution in [2.45, 2.75) is 17.4 Å². The quantitative estimate of drug-likeness (QED) is 0.775. The van der Waals surface area contributed by atoms with Crippen LogP contribution in [0.2, 0.25) is 0 Å². The van der Waals surface area contributed by atoms with Crippen LogP contribution in [0, 0.1) is 0 Å². The van der Waals surface area contributed by atoms with Crippen molar-refractivity contribution in [3.05, 3.63) is 72.3 Å². The van der Waals surface area contributed by atoms with Crippen LogP contribution in [-0.4, -0.2) is 27.4 Å². The van der Waals surface area contributed by atoms with Crippen molar-refractivity contribution in [2.75, 3.05) is 11.4 Å². The first-order valence-corrected chi connectivity index (χ1v) is 9.79. The molecule has 0 radical (unpaired) electrons. The fourth-order valence-electron chi connectivity index (χ4n) is 3.46. The van der Waals surface area contributed by atoms with E-state index in [9.17, 15) is 13.2 Å². The average molecular weight is 366 g/mol. The first-order chi connectivity index (χ1) is 12.5. The molecule has 0 saturated carbocycles. The molecule has 1 aliphatic rings. The standard InChI is InChI=1S/C20H18N2O3S/c1-21-20(23)19-13-16-8-4-5-9-18(16)22(19)26(24,25)17-11-10-14-6-2-3-7-15(14)12-17/h2-12,19H,13H2,1H3,(H,21,23). The fraction of sp³-hybridized carbons (Fsp3) is 0.150. The monoisotopic (exact) mass is 366 g/mol. The van der Waals surface area contributed by atoms with Crippen LogP contribution in [0.25, 0.3) is 10.8 Å². The zero-order valence-corrected chi connectivity index (χ0v) is 15.0. The molecule has 1 heterocycles. The first kappa shape index (κ1) is 16.6. The van der Waals surface area contributed by atoms with Gasteiger partial charge in [-0.3, -0.25) is 9.10 Å². The van der Waals surface area contributed by atoms with Crippen molar-refractivity contribution in [1.29, 1.82) is 0 Å². The minimum atomic E-state index is -3.88. The Bertz CT molecular complexity index is 1110. The number of benzene rings is 3. The molecule has 1 unspecified atom stereocenters. The van der Waals surface area contributed by atoms with E-state index in [1.807, 2.05) is 36.4 Å². The lowest BCUT2D eigenvalue weighted by Crippen LogP contribution is -2.47. The van der Waals surface area contributed by atoms with Crippen molar-refractivity contribution in [1.82, 2.24) is 5.32 Å². The SMILES string of the molecule is CNC(=O)C1Cc2ccccc2N1S(=O)(=O)c1ccc2ccccc2c1. The highest BCUT2D eigenvalue weighted by atomic mass is 32.2. The molecular formula is C20H18N2O3S. The summed E-state index contributed by atoms with van der Waals surface area (Å²) in [4.78, 5) is 12.5. The van der Waals surface area contributed by atoms with Crippen LogP contribution in [0.15, 0.2) is 71.6 Å². The van der Waals surface area contributed by atoms with Gasteiger partial charge in [-0.15, -0.1) is 0 Å². The molecule has 0 fully saturated rings. The van der Waals surface area contributed by atoms with Crippen LogP contribution in [0.4, 0.5) is 5.69 Å². The smallest absolute Gasteiger partial charge is 0.265 e. The van der Waals surface area contributed by atoms with Gasteiger partial charge in [-0.2, -0.15) is 0 Å². The maximum absolute atomic E-state index is 13.4. The number of nitrogens with zero attached hydrogens (tertiary/aromatic N) is 1. The second-order valence-electron chi connectivity index (χ2n) is 6.27. The van der Waals surface area contributed by atoms with E-state index >= 15 is 0 Å². The highest BCUT2D eigenvalue weighted by Crippen LogP contribution is 2.37. The van der Waals surface area contributed by atoms with E-state index in [0.29, 0.717) is 12.1 Å². The molecule has 4 rings (SSSR count). The normalized spacial score (nSPS) is 16.5. The number of carbonyl (C=O) groups excluding carboxylic acids is 1. The largest absolute Gasteiger partial charge is 0.357 e. The summed E-state index contributed by atoms with van der Waals surface area (Å²) in [6, 6.07) is 19.1. The summed E-state index contributed by atoms with van der Waals surface area (Å²) < 4.78 is 28.1. The van der Waals surface area contributed by atoms with Crippen molar-refractivity contribution in [3.63, 3.8) is 0 Å². The van der Waals surface area contributed by atoms with Crippen LogP contribution in [-0.2, 0) is 21.2 Å². The summed E-state index contributed by atoms with van der Waals surface area (Å²) >= 11 is 0. The summed E-state index contributed by atoms with van der Waals surface area (Å²) in [7, 11) is -2.36. The molecule has 5 nitrogen and oxygen atoms in total. The molecule has 1 aliphatic heterocycles. The number of sulfonamides is 1. The zero-order valence-electron chi connectivity index (χ0n) is 14.2. The van der Waals surface area contributed by atoms with E-state index in [1.54, 1.807) is 30.3 Å². The Morgan fingerprint density at radius 1 is 1.00 bits per heavy atom. The molecule has 3 aromatic carbocycles. The second-order valence-corrected chi connectivity index (χ2v) is 8.09.